The van der Waals surface area contributed by atoms with Crippen molar-refractivity contribution in [2.24, 2.45) is 11.8 Å². The van der Waals surface area contributed by atoms with Gasteiger partial charge in [-0.3, -0.25) is 9.59 Å². The normalized spacial score (nSPS) is 39.7. The molecule has 14 heavy (non-hydrogen) atoms. The van der Waals surface area contributed by atoms with E-state index in [0.29, 0.717) is 5.92 Å². The molecule has 0 aromatic heterocycles. The van der Waals surface area contributed by atoms with Gasteiger partial charge in [0.15, 0.2) is 0 Å². The van der Waals surface area contributed by atoms with Gasteiger partial charge in [-0.05, 0) is 19.3 Å². The fourth-order valence-electron chi connectivity index (χ4n) is 2.43. The van der Waals surface area contributed by atoms with Crippen molar-refractivity contribution in [2.75, 3.05) is 6.54 Å². The monoisotopic (exact) mass is 194 g/mol. The van der Waals surface area contributed by atoms with E-state index in [4.69, 9.17) is 0 Å². The van der Waals surface area contributed by atoms with Crippen molar-refractivity contribution in [3.8, 4) is 0 Å². The fraction of sp³-hybridized carbons (Fsp3) is 0.800. The van der Waals surface area contributed by atoms with Crippen LogP contribution in [0.3, 0.4) is 0 Å². The Balaban J connectivity index is 1.67. The van der Waals surface area contributed by atoms with Crippen molar-refractivity contribution in [1.82, 2.24) is 10.6 Å². The number of carbonyl (C=O) groups is 2. The average Bonchev–Trinajstić information content (AvgIpc) is 2.65. The lowest BCUT2D eigenvalue weighted by molar-refractivity contribution is -0.132. The third kappa shape index (κ3) is 0.938. The predicted molar refractivity (Wildman–Crippen MR) is 49.3 cm³/mol. The topological polar surface area (TPSA) is 58.2 Å². The Morgan fingerprint density at radius 1 is 1.50 bits per heavy atom. The fourth-order valence-corrected chi connectivity index (χ4v) is 2.43. The van der Waals surface area contributed by atoms with Crippen LogP contribution in [0.15, 0.2) is 0 Å². The van der Waals surface area contributed by atoms with Crippen LogP contribution >= 0.6 is 0 Å². The maximum atomic E-state index is 11.7. The number of hydrogen-bond donors (Lipinski definition) is 2. The standard InChI is InChI=1S/C10H14N2O2/c13-8(6-2-1-3-6)12-10-4-7(10)5-11-9(10)14/h6-7H,1-5H2,(H,11,14)(H,12,13). The molecule has 1 saturated heterocycles. The van der Waals surface area contributed by atoms with Crippen molar-refractivity contribution < 1.29 is 9.59 Å². The smallest absolute Gasteiger partial charge is 0.246 e. The van der Waals surface area contributed by atoms with Gasteiger partial charge in [-0.15, -0.1) is 0 Å². The van der Waals surface area contributed by atoms with Gasteiger partial charge in [0.05, 0.1) is 0 Å². The van der Waals surface area contributed by atoms with Crippen LogP contribution in [0.25, 0.3) is 0 Å². The zero-order valence-corrected chi connectivity index (χ0v) is 8.01. The molecule has 4 heteroatoms. The zero-order chi connectivity index (χ0) is 9.76. The summed E-state index contributed by atoms with van der Waals surface area (Å²) < 4.78 is 0. The second kappa shape index (κ2) is 2.49. The Labute approximate surface area is 82.4 Å². The summed E-state index contributed by atoms with van der Waals surface area (Å²) in [4.78, 5) is 23.1. The first-order valence-corrected chi connectivity index (χ1v) is 5.33. The van der Waals surface area contributed by atoms with Crippen LogP contribution in [-0.4, -0.2) is 23.9 Å². The third-order valence-corrected chi connectivity index (χ3v) is 3.84. The molecular weight excluding hydrogens is 180 g/mol. The Morgan fingerprint density at radius 2 is 2.29 bits per heavy atom. The van der Waals surface area contributed by atoms with Gasteiger partial charge in [-0.2, -0.15) is 0 Å². The highest BCUT2D eigenvalue weighted by Crippen LogP contribution is 2.47. The first kappa shape index (κ1) is 8.26. The summed E-state index contributed by atoms with van der Waals surface area (Å²) >= 11 is 0. The van der Waals surface area contributed by atoms with E-state index in [1.807, 2.05) is 0 Å². The first-order chi connectivity index (χ1) is 6.72. The van der Waals surface area contributed by atoms with Gasteiger partial charge in [0.25, 0.3) is 0 Å². The summed E-state index contributed by atoms with van der Waals surface area (Å²) in [7, 11) is 0. The number of nitrogens with one attached hydrogen (secondary N) is 2. The van der Waals surface area contributed by atoms with E-state index in [2.05, 4.69) is 10.6 Å². The molecule has 2 aliphatic carbocycles. The van der Waals surface area contributed by atoms with Gasteiger partial charge in [0.2, 0.25) is 11.8 Å². The third-order valence-electron chi connectivity index (χ3n) is 3.84. The van der Waals surface area contributed by atoms with E-state index in [9.17, 15) is 9.59 Å². The molecule has 2 N–H and O–H groups in total. The molecule has 2 saturated carbocycles. The molecule has 3 fully saturated rings. The highest BCUT2D eigenvalue weighted by Gasteiger charge is 2.65. The molecule has 0 spiro atoms. The summed E-state index contributed by atoms with van der Waals surface area (Å²) in [6.07, 6.45) is 3.99. The molecule has 1 heterocycles. The largest absolute Gasteiger partial charge is 0.354 e. The number of carbonyl (C=O) groups excluding carboxylic acids is 2. The number of piperidine rings is 1. The van der Waals surface area contributed by atoms with Crippen LogP contribution in [-0.2, 0) is 9.59 Å². The van der Waals surface area contributed by atoms with E-state index in [-0.39, 0.29) is 17.7 Å². The summed E-state index contributed by atoms with van der Waals surface area (Å²) in [5.74, 6) is 0.657. The summed E-state index contributed by atoms with van der Waals surface area (Å²) in [6, 6.07) is 0. The zero-order valence-electron chi connectivity index (χ0n) is 8.01. The maximum Gasteiger partial charge on any atom is 0.246 e. The van der Waals surface area contributed by atoms with Gasteiger partial charge in [0, 0.05) is 18.4 Å². The SMILES string of the molecule is O=C(NC12CC1CNC2=O)C1CCC1. The van der Waals surface area contributed by atoms with E-state index >= 15 is 0 Å². The molecule has 4 nitrogen and oxygen atoms in total. The Bertz CT molecular complexity index is 311. The van der Waals surface area contributed by atoms with Crippen molar-refractivity contribution >= 4 is 11.8 Å². The van der Waals surface area contributed by atoms with Crippen molar-refractivity contribution in [3.63, 3.8) is 0 Å². The van der Waals surface area contributed by atoms with E-state index in [0.717, 1.165) is 32.2 Å². The molecular formula is C10H14N2O2. The van der Waals surface area contributed by atoms with Crippen LogP contribution in [0.5, 0.6) is 0 Å². The molecule has 3 rings (SSSR count). The summed E-state index contributed by atoms with van der Waals surface area (Å²) in [6.45, 7) is 0.740. The van der Waals surface area contributed by atoms with Crippen LogP contribution < -0.4 is 10.6 Å². The van der Waals surface area contributed by atoms with Crippen LogP contribution in [0.2, 0.25) is 0 Å². The van der Waals surface area contributed by atoms with E-state index in [1.54, 1.807) is 0 Å². The van der Waals surface area contributed by atoms with Crippen molar-refractivity contribution in [1.29, 1.82) is 0 Å². The van der Waals surface area contributed by atoms with Crippen LogP contribution in [0.4, 0.5) is 0 Å². The molecule has 1 aliphatic heterocycles. The van der Waals surface area contributed by atoms with Gasteiger partial charge < -0.3 is 10.6 Å². The number of fused-ring (bicyclic) bond motifs is 1. The van der Waals surface area contributed by atoms with Crippen LogP contribution in [0.1, 0.15) is 25.7 Å². The van der Waals surface area contributed by atoms with Gasteiger partial charge in [-0.25, -0.2) is 0 Å². The van der Waals surface area contributed by atoms with Crippen LogP contribution in [0, 0.1) is 11.8 Å². The minimum atomic E-state index is -0.493. The second-order valence-corrected chi connectivity index (χ2v) is 4.70. The number of hydrogen-bond acceptors (Lipinski definition) is 2. The highest BCUT2D eigenvalue weighted by atomic mass is 16.2. The highest BCUT2D eigenvalue weighted by molar-refractivity contribution is 5.97. The predicted octanol–water partition coefficient (Wildman–Crippen LogP) is -0.209. The number of amides is 2. The Kier molecular flexibility index (Phi) is 1.47. The molecule has 76 valence electrons. The molecule has 0 bridgehead atoms. The lowest BCUT2D eigenvalue weighted by atomic mass is 9.84. The Hall–Kier alpha value is -1.06. The average molecular weight is 194 g/mol. The quantitative estimate of drug-likeness (QED) is 0.639. The van der Waals surface area contributed by atoms with E-state index in [1.165, 1.54) is 0 Å². The van der Waals surface area contributed by atoms with Crippen molar-refractivity contribution in [2.45, 2.75) is 31.2 Å². The molecule has 2 unspecified atom stereocenters. The molecule has 0 radical (unpaired) electrons. The van der Waals surface area contributed by atoms with Gasteiger partial charge in [0.1, 0.15) is 5.54 Å². The minimum Gasteiger partial charge on any atom is -0.354 e. The summed E-state index contributed by atoms with van der Waals surface area (Å²) in [5, 5.41) is 5.72. The lowest BCUT2D eigenvalue weighted by Crippen LogP contribution is -2.48. The molecule has 3 aliphatic rings. The van der Waals surface area contributed by atoms with Gasteiger partial charge in [-0.1, -0.05) is 6.42 Å². The van der Waals surface area contributed by atoms with Gasteiger partial charge >= 0.3 is 0 Å². The minimum absolute atomic E-state index is 0.0233. The van der Waals surface area contributed by atoms with Crippen molar-refractivity contribution in [3.05, 3.63) is 0 Å². The molecule has 0 aromatic carbocycles. The summed E-state index contributed by atoms with van der Waals surface area (Å²) in [5.41, 5.74) is -0.493. The van der Waals surface area contributed by atoms with E-state index < -0.39 is 5.54 Å². The maximum absolute atomic E-state index is 11.7. The molecule has 2 amide bonds. The number of rotatable bonds is 2. The lowest BCUT2D eigenvalue weighted by Gasteiger charge is -2.26. The Morgan fingerprint density at radius 3 is 2.71 bits per heavy atom. The first-order valence-electron chi connectivity index (χ1n) is 5.33. The molecule has 2 atom stereocenters. The molecule has 0 aromatic rings. The second-order valence-electron chi connectivity index (χ2n) is 4.70.